The van der Waals surface area contributed by atoms with Crippen LogP contribution in [0.5, 0.6) is 0 Å². The van der Waals surface area contributed by atoms with Crippen LogP contribution in [0.4, 0.5) is 4.79 Å². The average molecular weight is 347 g/mol. The number of carbonyl (C=O) groups is 1. The predicted molar refractivity (Wildman–Crippen MR) is 89.8 cm³/mol. The topological polar surface area (TPSA) is 102 Å². The van der Waals surface area contributed by atoms with Crippen molar-refractivity contribution in [2.45, 2.75) is 58.5 Å². The van der Waals surface area contributed by atoms with Gasteiger partial charge in [-0.15, -0.1) is 0 Å². The van der Waals surface area contributed by atoms with Crippen LogP contribution >= 0.6 is 0 Å². The molecule has 0 spiro atoms. The first-order chi connectivity index (χ1) is 11.8. The van der Waals surface area contributed by atoms with Crippen molar-refractivity contribution in [3.63, 3.8) is 0 Å². The van der Waals surface area contributed by atoms with E-state index in [-0.39, 0.29) is 17.5 Å². The minimum Gasteiger partial charge on any atom is -0.339 e. The second kappa shape index (κ2) is 6.81. The Balaban J connectivity index is 1.59. The summed E-state index contributed by atoms with van der Waals surface area (Å²) >= 11 is 0. The highest BCUT2D eigenvalue weighted by Crippen LogP contribution is 2.25. The maximum absolute atomic E-state index is 12.5. The second-order valence-corrected chi connectivity index (χ2v) is 7.38. The van der Waals surface area contributed by atoms with Crippen molar-refractivity contribution in [3.05, 3.63) is 23.9 Å². The Labute approximate surface area is 146 Å². The molecule has 9 heteroatoms. The minimum atomic E-state index is -0.178. The Hall–Kier alpha value is -2.45. The van der Waals surface area contributed by atoms with Crippen LogP contribution in [0.1, 0.15) is 57.1 Å². The standard InChI is InChI=1S/C16H25N7O2/c1-11-20-14(25-21-11)12-6-5-7-22(9-12)15(24)17-8-13-18-10-19-23(13)16(2,3)4/h10,12H,5-9H2,1-4H3,(H,17,24)/t12-/m1/s1. The van der Waals surface area contributed by atoms with E-state index in [4.69, 9.17) is 4.52 Å². The van der Waals surface area contributed by atoms with Crippen molar-refractivity contribution in [2.75, 3.05) is 13.1 Å². The Kier molecular flexibility index (Phi) is 4.73. The predicted octanol–water partition coefficient (Wildman–Crippen LogP) is 1.81. The molecule has 25 heavy (non-hydrogen) atoms. The molecular weight excluding hydrogens is 322 g/mol. The SMILES string of the molecule is Cc1noc([C@@H]2CCCN(C(=O)NCc3ncnn3C(C)(C)C)C2)n1. The summed E-state index contributed by atoms with van der Waals surface area (Å²) in [4.78, 5) is 22.9. The van der Waals surface area contributed by atoms with Crippen molar-refractivity contribution >= 4 is 6.03 Å². The summed E-state index contributed by atoms with van der Waals surface area (Å²) in [5, 5.41) is 11.0. The van der Waals surface area contributed by atoms with Crippen LogP contribution < -0.4 is 5.32 Å². The van der Waals surface area contributed by atoms with Gasteiger partial charge >= 0.3 is 6.03 Å². The number of rotatable bonds is 3. The van der Waals surface area contributed by atoms with E-state index in [0.717, 1.165) is 25.2 Å². The molecule has 0 radical (unpaired) electrons. The van der Waals surface area contributed by atoms with Gasteiger partial charge in [0, 0.05) is 13.1 Å². The number of urea groups is 1. The maximum atomic E-state index is 12.5. The fourth-order valence-electron chi connectivity index (χ4n) is 3.05. The quantitative estimate of drug-likeness (QED) is 0.908. The van der Waals surface area contributed by atoms with E-state index < -0.39 is 0 Å². The molecule has 0 bridgehead atoms. The van der Waals surface area contributed by atoms with Gasteiger partial charge in [0.1, 0.15) is 12.2 Å². The molecule has 1 aliphatic heterocycles. The van der Waals surface area contributed by atoms with Crippen LogP contribution in [-0.2, 0) is 12.1 Å². The number of nitrogens with zero attached hydrogens (tertiary/aromatic N) is 6. The molecular formula is C16H25N7O2. The van der Waals surface area contributed by atoms with Crippen molar-refractivity contribution < 1.29 is 9.32 Å². The highest BCUT2D eigenvalue weighted by atomic mass is 16.5. The first-order valence-corrected chi connectivity index (χ1v) is 8.57. The van der Waals surface area contributed by atoms with E-state index in [0.29, 0.717) is 24.8 Å². The van der Waals surface area contributed by atoms with Crippen molar-refractivity contribution in [1.82, 2.24) is 35.1 Å². The molecule has 0 unspecified atom stereocenters. The number of hydrogen-bond donors (Lipinski definition) is 1. The van der Waals surface area contributed by atoms with Gasteiger partial charge in [0.15, 0.2) is 5.82 Å². The summed E-state index contributed by atoms with van der Waals surface area (Å²) in [5.74, 6) is 2.07. The van der Waals surface area contributed by atoms with E-state index in [1.807, 2.05) is 4.68 Å². The molecule has 9 nitrogen and oxygen atoms in total. The van der Waals surface area contributed by atoms with Crippen molar-refractivity contribution in [3.8, 4) is 0 Å². The van der Waals surface area contributed by atoms with Crippen molar-refractivity contribution in [1.29, 1.82) is 0 Å². The summed E-state index contributed by atoms with van der Waals surface area (Å²) < 4.78 is 7.09. The third-order valence-corrected chi connectivity index (χ3v) is 4.25. The van der Waals surface area contributed by atoms with Crippen LogP contribution in [-0.4, -0.2) is 48.9 Å². The molecule has 1 N–H and O–H groups in total. The van der Waals surface area contributed by atoms with Gasteiger partial charge < -0.3 is 14.7 Å². The zero-order valence-electron chi connectivity index (χ0n) is 15.2. The molecule has 2 aromatic heterocycles. The molecule has 0 saturated carbocycles. The Morgan fingerprint density at radius 2 is 2.24 bits per heavy atom. The van der Waals surface area contributed by atoms with Gasteiger partial charge in [-0.05, 0) is 40.5 Å². The van der Waals surface area contributed by atoms with Gasteiger partial charge in [-0.25, -0.2) is 14.5 Å². The summed E-state index contributed by atoms with van der Waals surface area (Å²) in [5.41, 5.74) is -0.178. The Bertz CT molecular complexity index is 731. The maximum Gasteiger partial charge on any atom is 0.317 e. The summed E-state index contributed by atoms with van der Waals surface area (Å²) in [7, 11) is 0. The smallest absolute Gasteiger partial charge is 0.317 e. The third-order valence-electron chi connectivity index (χ3n) is 4.25. The number of aryl methyl sites for hydroxylation is 1. The van der Waals surface area contributed by atoms with Gasteiger partial charge in [-0.2, -0.15) is 10.1 Å². The van der Waals surface area contributed by atoms with E-state index in [1.165, 1.54) is 6.33 Å². The van der Waals surface area contributed by atoms with Gasteiger partial charge in [-0.1, -0.05) is 5.16 Å². The van der Waals surface area contributed by atoms with E-state index in [2.05, 4.69) is 46.3 Å². The van der Waals surface area contributed by atoms with E-state index in [9.17, 15) is 4.79 Å². The normalized spacial score (nSPS) is 18.4. The number of hydrogen-bond acceptors (Lipinski definition) is 6. The second-order valence-electron chi connectivity index (χ2n) is 7.38. The lowest BCUT2D eigenvalue weighted by atomic mass is 9.98. The average Bonchev–Trinajstić information content (AvgIpc) is 3.21. The zero-order valence-corrected chi connectivity index (χ0v) is 15.2. The molecule has 2 aromatic rings. The molecule has 1 fully saturated rings. The lowest BCUT2D eigenvalue weighted by Gasteiger charge is -2.31. The van der Waals surface area contributed by atoms with Gasteiger partial charge in [0.2, 0.25) is 5.89 Å². The zero-order chi connectivity index (χ0) is 18.0. The summed E-state index contributed by atoms with van der Waals surface area (Å²) in [6, 6.07) is -0.107. The number of amides is 2. The Morgan fingerprint density at radius 3 is 2.92 bits per heavy atom. The fourth-order valence-corrected chi connectivity index (χ4v) is 3.05. The molecule has 1 saturated heterocycles. The molecule has 2 amide bonds. The number of piperidine rings is 1. The molecule has 3 heterocycles. The first kappa shape index (κ1) is 17.4. The molecule has 1 atom stereocenters. The molecule has 0 aromatic carbocycles. The van der Waals surface area contributed by atoms with Crippen LogP contribution in [0.25, 0.3) is 0 Å². The lowest BCUT2D eigenvalue weighted by molar-refractivity contribution is 0.171. The third kappa shape index (κ3) is 3.97. The summed E-state index contributed by atoms with van der Waals surface area (Å²) in [6.45, 7) is 9.60. The number of carbonyl (C=O) groups excluding carboxylic acids is 1. The molecule has 1 aliphatic rings. The molecule has 0 aliphatic carbocycles. The van der Waals surface area contributed by atoms with Gasteiger partial charge in [-0.3, -0.25) is 0 Å². The number of likely N-dealkylation sites (tertiary alicyclic amines) is 1. The van der Waals surface area contributed by atoms with Crippen LogP contribution in [0.3, 0.4) is 0 Å². The van der Waals surface area contributed by atoms with Crippen molar-refractivity contribution in [2.24, 2.45) is 0 Å². The van der Waals surface area contributed by atoms with Crippen LogP contribution in [0.2, 0.25) is 0 Å². The largest absolute Gasteiger partial charge is 0.339 e. The minimum absolute atomic E-state index is 0.0962. The first-order valence-electron chi connectivity index (χ1n) is 8.57. The van der Waals surface area contributed by atoms with Gasteiger partial charge in [0.25, 0.3) is 0 Å². The Morgan fingerprint density at radius 1 is 1.44 bits per heavy atom. The fraction of sp³-hybridized carbons (Fsp3) is 0.688. The van der Waals surface area contributed by atoms with Crippen LogP contribution in [0, 0.1) is 6.92 Å². The lowest BCUT2D eigenvalue weighted by Crippen LogP contribution is -2.45. The number of aromatic nitrogens is 5. The monoisotopic (exact) mass is 347 g/mol. The highest BCUT2D eigenvalue weighted by molar-refractivity contribution is 5.74. The van der Waals surface area contributed by atoms with E-state index in [1.54, 1.807) is 11.8 Å². The van der Waals surface area contributed by atoms with E-state index >= 15 is 0 Å². The molecule has 3 rings (SSSR count). The molecule has 136 valence electrons. The summed E-state index contributed by atoms with van der Waals surface area (Å²) in [6.07, 6.45) is 3.38. The van der Waals surface area contributed by atoms with Crippen LogP contribution in [0.15, 0.2) is 10.9 Å². The highest BCUT2D eigenvalue weighted by Gasteiger charge is 2.28. The number of nitrogens with one attached hydrogen (secondary N) is 1. The van der Waals surface area contributed by atoms with Gasteiger partial charge in [0.05, 0.1) is 18.0 Å².